The first-order chi connectivity index (χ1) is 10.2. The SMILES string of the molecule is N#Cc1ccc(Br)cc1NC(=O)C1CNc2ccccc21. The van der Waals surface area contributed by atoms with Gasteiger partial charge in [-0.25, -0.2) is 0 Å². The van der Waals surface area contributed by atoms with Crippen molar-refractivity contribution in [3.63, 3.8) is 0 Å². The molecular formula is C16H12BrN3O. The van der Waals surface area contributed by atoms with Crippen LogP contribution in [0.15, 0.2) is 46.9 Å². The second-order valence-electron chi connectivity index (χ2n) is 4.81. The molecule has 0 spiro atoms. The first-order valence-electron chi connectivity index (χ1n) is 6.52. The van der Waals surface area contributed by atoms with E-state index in [-0.39, 0.29) is 11.8 Å². The van der Waals surface area contributed by atoms with E-state index in [1.807, 2.05) is 24.3 Å². The highest BCUT2D eigenvalue weighted by atomic mass is 79.9. The fourth-order valence-corrected chi connectivity index (χ4v) is 2.82. The molecule has 1 heterocycles. The van der Waals surface area contributed by atoms with E-state index in [1.54, 1.807) is 18.2 Å². The third-order valence-electron chi connectivity index (χ3n) is 3.51. The molecule has 1 aliphatic rings. The standard InChI is InChI=1S/C16H12BrN3O/c17-11-6-5-10(8-18)15(7-11)20-16(21)13-9-19-14-4-2-1-3-12(13)14/h1-7,13,19H,9H2,(H,20,21). The molecule has 2 aromatic rings. The van der Waals surface area contributed by atoms with E-state index in [1.165, 1.54) is 0 Å². The third kappa shape index (κ3) is 2.63. The monoisotopic (exact) mass is 341 g/mol. The summed E-state index contributed by atoms with van der Waals surface area (Å²) < 4.78 is 0.821. The Morgan fingerprint density at radius 2 is 2.14 bits per heavy atom. The molecule has 0 saturated heterocycles. The van der Waals surface area contributed by atoms with E-state index in [0.29, 0.717) is 17.8 Å². The molecular weight excluding hydrogens is 330 g/mol. The Labute approximate surface area is 130 Å². The number of carbonyl (C=O) groups excluding carboxylic acids is 1. The molecule has 0 saturated carbocycles. The number of fused-ring (bicyclic) bond motifs is 1. The Kier molecular flexibility index (Phi) is 3.63. The maximum atomic E-state index is 12.5. The van der Waals surface area contributed by atoms with Gasteiger partial charge in [0.15, 0.2) is 0 Å². The summed E-state index contributed by atoms with van der Waals surface area (Å²) in [6, 6.07) is 15.1. The van der Waals surface area contributed by atoms with Gasteiger partial charge in [0.05, 0.1) is 17.2 Å². The quantitative estimate of drug-likeness (QED) is 0.878. The lowest BCUT2D eigenvalue weighted by atomic mass is 10.0. The summed E-state index contributed by atoms with van der Waals surface area (Å²) in [5, 5.41) is 15.2. The predicted molar refractivity (Wildman–Crippen MR) is 85.2 cm³/mol. The zero-order valence-corrected chi connectivity index (χ0v) is 12.6. The zero-order chi connectivity index (χ0) is 14.8. The van der Waals surface area contributed by atoms with Gasteiger partial charge < -0.3 is 10.6 Å². The molecule has 1 atom stereocenters. The van der Waals surface area contributed by atoms with Crippen molar-refractivity contribution in [2.45, 2.75) is 5.92 Å². The highest BCUT2D eigenvalue weighted by Gasteiger charge is 2.28. The highest BCUT2D eigenvalue weighted by molar-refractivity contribution is 9.10. The van der Waals surface area contributed by atoms with Crippen molar-refractivity contribution in [1.82, 2.24) is 0 Å². The van der Waals surface area contributed by atoms with Gasteiger partial charge in [0.25, 0.3) is 0 Å². The summed E-state index contributed by atoms with van der Waals surface area (Å²) >= 11 is 3.35. The van der Waals surface area contributed by atoms with Crippen molar-refractivity contribution in [3.05, 3.63) is 58.1 Å². The Hall–Kier alpha value is -2.32. The molecule has 5 heteroatoms. The van der Waals surface area contributed by atoms with Crippen LogP contribution in [0.5, 0.6) is 0 Å². The summed E-state index contributed by atoms with van der Waals surface area (Å²) in [6.45, 7) is 0.571. The predicted octanol–water partition coefficient (Wildman–Crippen LogP) is 3.47. The molecule has 0 aromatic heterocycles. The Bertz CT molecular complexity index is 751. The van der Waals surface area contributed by atoms with E-state index in [4.69, 9.17) is 5.26 Å². The average Bonchev–Trinajstić information content (AvgIpc) is 2.91. The first-order valence-corrected chi connectivity index (χ1v) is 7.31. The number of nitrogens with zero attached hydrogens (tertiary/aromatic N) is 1. The zero-order valence-electron chi connectivity index (χ0n) is 11.1. The molecule has 1 unspecified atom stereocenters. The van der Waals surface area contributed by atoms with Gasteiger partial charge >= 0.3 is 0 Å². The molecule has 0 fully saturated rings. The van der Waals surface area contributed by atoms with Crippen LogP contribution in [0.4, 0.5) is 11.4 Å². The molecule has 2 N–H and O–H groups in total. The maximum absolute atomic E-state index is 12.5. The molecule has 3 rings (SSSR count). The molecule has 0 radical (unpaired) electrons. The topological polar surface area (TPSA) is 64.9 Å². The Balaban J connectivity index is 1.86. The Morgan fingerprint density at radius 1 is 1.33 bits per heavy atom. The van der Waals surface area contributed by atoms with Gasteiger partial charge in [-0.1, -0.05) is 34.1 Å². The largest absolute Gasteiger partial charge is 0.384 e. The summed E-state index contributed by atoms with van der Waals surface area (Å²) in [5.41, 5.74) is 2.96. The van der Waals surface area contributed by atoms with Gasteiger partial charge in [-0.15, -0.1) is 0 Å². The van der Waals surface area contributed by atoms with Crippen molar-refractivity contribution in [2.24, 2.45) is 0 Å². The number of hydrogen-bond acceptors (Lipinski definition) is 3. The smallest absolute Gasteiger partial charge is 0.233 e. The maximum Gasteiger partial charge on any atom is 0.233 e. The highest BCUT2D eigenvalue weighted by Crippen LogP contribution is 2.32. The number of para-hydroxylation sites is 1. The second-order valence-corrected chi connectivity index (χ2v) is 5.73. The van der Waals surface area contributed by atoms with Gasteiger partial charge in [-0.3, -0.25) is 4.79 Å². The fourth-order valence-electron chi connectivity index (χ4n) is 2.45. The number of amides is 1. The minimum absolute atomic E-state index is 0.109. The number of rotatable bonds is 2. The average molecular weight is 342 g/mol. The van der Waals surface area contributed by atoms with Crippen LogP contribution in [0.3, 0.4) is 0 Å². The molecule has 1 aliphatic heterocycles. The van der Waals surface area contributed by atoms with E-state index < -0.39 is 0 Å². The van der Waals surface area contributed by atoms with Crippen LogP contribution in [0.25, 0.3) is 0 Å². The summed E-state index contributed by atoms with van der Waals surface area (Å²) in [4.78, 5) is 12.5. The van der Waals surface area contributed by atoms with Crippen molar-refractivity contribution < 1.29 is 4.79 Å². The van der Waals surface area contributed by atoms with Gasteiger partial charge in [-0.2, -0.15) is 5.26 Å². The summed E-state index contributed by atoms with van der Waals surface area (Å²) in [7, 11) is 0. The van der Waals surface area contributed by atoms with E-state index in [2.05, 4.69) is 32.6 Å². The molecule has 4 nitrogen and oxygen atoms in total. The van der Waals surface area contributed by atoms with Crippen LogP contribution in [-0.4, -0.2) is 12.5 Å². The lowest BCUT2D eigenvalue weighted by Gasteiger charge is -2.12. The molecule has 0 bridgehead atoms. The van der Waals surface area contributed by atoms with E-state index in [0.717, 1.165) is 15.7 Å². The van der Waals surface area contributed by atoms with Gasteiger partial charge in [0, 0.05) is 16.7 Å². The lowest BCUT2D eigenvalue weighted by Crippen LogP contribution is -2.23. The van der Waals surface area contributed by atoms with Crippen molar-refractivity contribution in [3.8, 4) is 6.07 Å². The van der Waals surface area contributed by atoms with Gasteiger partial charge in [0.2, 0.25) is 5.91 Å². The lowest BCUT2D eigenvalue weighted by molar-refractivity contribution is -0.117. The summed E-state index contributed by atoms with van der Waals surface area (Å²) in [5.74, 6) is -0.353. The number of nitrogens with one attached hydrogen (secondary N) is 2. The number of anilines is 2. The minimum Gasteiger partial charge on any atom is -0.384 e. The first kappa shape index (κ1) is 13.7. The fraction of sp³-hybridized carbons (Fsp3) is 0.125. The second kappa shape index (κ2) is 5.58. The van der Waals surface area contributed by atoms with Crippen LogP contribution >= 0.6 is 15.9 Å². The number of nitriles is 1. The number of carbonyl (C=O) groups is 1. The van der Waals surface area contributed by atoms with Crippen molar-refractivity contribution in [2.75, 3.05) is 17.2 Å². The van der Waals surface area contributed by atoms with E-state index >= 15 is 0 Å². The number of halogens is 1. The van der Waals surface area contributed by atoms with E-state index in [9.17, 15) is 4.79 Å². The van der Waals surface area contributed by atoms with Crippen LogP contribution in [0, 0.1) is 11.3 Å². The molecule has 21 heavy (non-hydrogen) atoms. The normalized spacial score (nSPS) is 15.7. The van der Waals surface area contributed by atoms with Crippen LogP contribution in [-0.2, 0) is 4.79 Å². The number of hydrogen-bond donors (Lipinski definition) is 2. The van der Waals surface area contributed by atoms with Crippen molar-refractivity contribution in [1.29, 1.82) is 5.26 Å². The molecule has 2 aromatic carbocycles. The number of benzene rings is 2. The van der Waals surface area contributed by atoms with Crippen LogP contribution in [0.1, 0.15) is 17.0 Å². The van der Waals surface area contributed by atoms with Crippen LogP contribution in [0.2, 0.25) is 0 Å². The Morgan fingerprint density at radius 3 is 2.95 bits per heavy atom. The molecule has 0 aliphatic carbocycles. The minimum atomic E-state index is -0.244. The molecule has 1 amide bonds. The van der Waals surface area contributed by atoms with Crippen molar-refractivity contribution >= 4 is 33.2 Å². The third-order valence-corrected chi connectivity index (χ3v) is 4.00. The van der Waals surface area contributed by atoms with Gasteiger partial charge in [0.1, 0.15) is 6.07 Å². The van der Waals surface area contributed by atoms with Crippen LogP contribution < -0.4 is 10.6 Å². The van der Waals surface area contributed by atoms with Gasteiger partial charge in [-0.05, 0) is 29.8 Å². The summed E-state index contributed by atoms with van der Waals surface area (Å²) in [6.07, 6.45) is 0. The molecule has 104 valence electrons.